The van der Waals surface area contributed by atoms with Crippen LogP contribution in [-0.4, -0.2) is 35.7 Å². The number of nitrogens with zero attached hydrogens (tertiary/aromatic N) is 1. The number of aliphatic hydroxyl groups is 1. The van der Waals surface area contributed by atoms with Gasteiger partial charge in [0.15, 0.2) is 11.6 Å². The van der Waals surface area contributed by atoms with Gasteiger partial charge in [0.1, 0.15) is 11.6 Å². The van der Waals surface area contributed by atoms with E-state index in [1.165, 1.54) is 12.1 Å². The molecule has 2 atom stereocenters. The lowest BCUT2D eigenvalue weighted by Gasteiger charge is -2.31. The van der Waals surface area contributed by atoms with Crippen molar-refractivity contribution in [1.82, 2.24) is 10.9 Å². The summed E-state index contributed by atoms with van der Waals surface area (Å²) in [6.07, 6.45) is 0.0547. The van der Waals surface area contributed by atoms with Gasteiger partial charge in [0.05, 0.1) is 6.61 Å². The van der Waals surface area contributed by atoms with E-state index in [2.05, 4.69) is 42.7 Å². The van der Waals surface area contributed by atoms with Crippen LogP contribution in [0.2, 0.25) is 0 Å². The minimum atomic E-state index is -1.37. The number of benzene rings is 4. The van der Waals surface area contributed by atoms with Gasteiger partial charge in [-0.2, -0.15) is 0 Å². The molecule has 0 saturated heterocycles. The molecule has 0 radical (unpaired) electrons. The number of aliphatic imine (C=N–C) groups is 1. The zero-order chi connectivity index (χ0) is 30.2. The molecule has 0 saturated carbocycles. The number of hydrazine groups is 1. The van der Waals surface area contributed by atoms with E-state index in [-0.39, 0.29) is 24.8 Å². The number of carbonyl (C=O) groups is 1. The molecule has 4 aromatic carbocycles. The molecule has 1 amide bonds. The molecule has 0 aliphatic carbocycles. The Morgan fingerprint density at radius 3 is 2.19 bits per heavy atom. The lowest BCUT2D eigenvalue weighted by molar-refractivity contribution is -0.130. The van der Waals surface area contributed by atoms with Crippen LogP contribution in [0.25, 0.3) is 0 Å². The Hall–Kier alpha value is -3.57. The summed E-state index contributed by atoms with van der Waals surface area (Å²) in [6, 6.07) is 28.8. The fourth-order valence-electron chi connectivity index (χ4n) is 4.77. The van der Waals surface area contributed by atoms with Gasteiger partial charge in [0.25, 0.3) is 5.91 Å². The number of amides is 1. The molecular formula is C33H30Br2FN3O4. The van der Waals surface area contributed by atoms with Crippen LogP contribution >= 0.6 is 31.9 Å². The van der Waals surface area contributed by atoms with Crippen LogP contribution in [0.1, 0.15) is 34.8 Å². The van der Waals surface area contributed by atoms with Crippen molar-refractivity contribution in [3.8, 4) is 5.75 Å². The molecule has 1 aliphatic rings. The lowest BCUT2D eigenvalue weighted by atomic mass is 9.82. The Bertz CT molecular complexity index is 1550. The monoisotopic (exact) mass is 709 g/mol. The van der Waals surface area contributed by atoms with Crippen molar-refractivity contribution in [2.45, 2.75) is 31.0 Å². The number of halogens is 3. The SMILES string of the molecule is O=C(NNCc1ccc(F)cc1)[C@@]1(Cc2ccc(Br)cc2)N=C(c2ccc(OCCCO)cc2)O[C@H]1c1ccc(Br)cc1. The van der Waals surface area contributed by atoms with E-state index >= 15 is 0 Å². The second-order valence-corrected chi connectivity index (χ2v) is 11.9. The maximum absolute atomic E-state index is 14.2. The van der Waals surface area contributed by atoms with Gasteiger partial charge in [-0.05, 0) is 77.4 Å². The average Bonchev–Trinajstić information content (AvgIpc) is 3.40. The highest BCUT2D eigenvalue weighted by molar-refractivity contribution is 9.10. The average molecular weight is 711 g/mol. The second-order valence-electron chi connectivity index (χ2n) is 10.1. The number of rotatable bonds is 12. The van der Waals surface area contributed by atoms with Crippen LogP contribution < -0.4 is 15.6 Å². The summed E-state index contributed by atoms with van der Waals surface area (Å²) < 4.78 is 27.4. The molecule has 4 aromatic rings. The molecule has 0 bridgehead atoms. The minimum Gasteiger partial charge on any atom is -0.494 e. The van der Waals surface area contributed by atoms with Crippen molar-refractivity contribution in [3.05, 3.63) is 134 Å². The van der Waals surface area contributed by atoms with Crippen LogP contribution in [0.15, 0.2) is 111 Å². The molecule has 222 valence electrons. The van der Waals surface area contributed by atoms with Gasteiger partial charge in [-0.3, -0.25) is 10.2 Å². The molecule has 0 spiro atoms. The maximum atomic E-state index is 14.2. The van der Waals surface area contributed by atoms with Gasteiger partial charge >= 0.3 is 0 Å². The maximum Gasteiger partial charge on any atom is 0.266 e. The van der Waals surface area contributed by atoms with Gasteiger partial charge in [-0.25, -0.2) is 14.8 Å². The van der Waals surface area contributed by atoms with Gasteiger partial charge in [0, 0.05) is 40.5 Å². The van der Waals surface area contributed by atoms with E-state index in [9.17, 15) is 9.18 Å². The van der Waals surface area contributed by atoms with Crippen LogP contribution in [0, 0.1) is 5.82 Å². The number of hydrogen-bond donors (Lipinski definition) is 3. The largest absolute Gasteiger partial charge is 0.494 e. The van der Waals surface area contributed by atoms with Crippen LogP contribution in [-0.2, 0) is 22.5 Å². The molecule has 10 heteroatoms. The van der Waals surface area contributed by atoms with Crippen LogP contribution in [0.4, 0.5) is 4.39 Å². The van der Waals surface area contributed by atoms with E-state index in [0.29, 0.717) is 36.8 Å². The van der Waals surface area contributed by atoms with Crippen molar-refractivity contribution in [2.75, 3.05) is 13.2 Å². The first-order valence-corrected chi connectivity index (χ1v) is 15.3. The first-order valence-electron chi connectivity index (χ1n) is 13.7. The molecule has 7 nitrogen and oxygen atoms in total. The van der Waals surface area contributed by atoms with Crippen molar-refractivity contribution < 1.29 is 23.8 Å². The van der Waals surface area contributed by atoms with Crippen molar-refractivity contribution in [1.29, 1.82) is 0 Å². The van der Waals surface area contributed by atoms with Gasteiger partial charge in [0.2, 0.25) is 5.90 Å². The Morgan fingerprint density at radius 2 is 1.53 bits per heavy atom. The van der Waals surface area contributed by atoms with Crippen molar-refractivity contribution in [3.63, 3.8) is 0 Å². The smallest absolute Gasteiger partial charge is 0.266 e. The molecule has 0 aromatic heterocycles. The first kappa shape index (κ1) is 30.9. The molecule has 43 heavy (non-hydrogen) atoms. The molecule has 3 N–H and O–H groups in total. The summed E-state index contributed by atoms with van der Waals surface area (Å²) in [7, 11) is 0. The van der Waals surface area contributed by atoms with Crippen molar-refractivity contribution >= 4 is 43.7 Å². The molecule has 1 aliphatic heterocycles. The number of hydrogen-bond acceptors (Lipinski definition) is 6. The van der Waals surface area contributed by atoms with Crippen molar-refractivity contribution in [2.24, 2.45) is 4.99 Å². The Morgan fingerprint density at radius 1 is 0.907 bits per heavy atom. The predicted molar refractivity (Wildman–Crippen MR) is 170 cm³/mol. The minimum absolute atomic E-state index is 0.0570. The summed E-state index contributed by atoms with van der Waals surface area (Å²) in [5.74, 6) is 0.294. The van der Waals surface area contributed by atoms with Gasteiger partial charge in [-0.15, -0.1) is 0 Å². The zero-order valence-corrected chi connectivity index (χ0v) is 26.3. The normalized spacial score (nSPS) is 17.7. The third-order valence-corrected chi connectivity index (χ3v) is 8.05. The highest BCUT2D eigenvalue weighted by atomic mass is 79.9. The highest BCUT2D eigenvalue weighted by Crippen LogP contribution is 2.43. The molecule has 1 heterocycles. The fourth-order valence-corrected chi connectivity index (χ4v) is 5.30. The number of aliphatic hydroxyl groups excluding tert-OH is 1. The Labute approximate surface area is 266 Å². The number of ether oxygens (including phenoxy) is 2. The quantitative estimate of drug-likeness (QED) is 0.116. The third-order valence-electron chi connectivity index (χ3n) is 7.00. The highest BCUT2D eigenvalue weighted by Gasteiger charge is 2.53. The van der Waals surface area contributed by atoms with Crippen LogP contribution in [0.5, 0.6) is 5.75 Å². The van der Waals surface area contributed by atoms with Crippen LogP contribution in [0.3, 0.4) is 0 Å². The molecule has 0 unspecified atom stereocenters. The molecule has 5 rings (SSSR count). The molecule has 0 fully saturated rings. The summed E-state index contributed by atoms with van der Waals surface area (Å²) in [5, 5.41) is 9.03. The topological polar surface area (TPSA) is 92.2 Å². The summed E-state index contributed by atoms with van der Waals surface area (Å²) in [4.78, 5) is 19.3. The second kappa shape index (κ2) is 14.3. The van der Waals surface area contributed by atoms with E-state index in [0.717, 1.165) is 25.6 Å². The predicted octanol–water partition coefficient (Wildman–Crippen LogP) is 6.43. The van der Waals surface area contributed by atoms with E-state index in [1.807, 2.05) is 72.8 Å². The number of carbonyl (C=O) groups excluding carboxylic acids is 1. The summed E-state index contributed by atoms with van der Waals surface area (Å²) in [5.41, 5.74) is 7.66. The first-order chi connectivity index (χ1) is 20.9. The number of nitrogens with one attached hydrogen (secondary N) is 2. The Balaban J connectivity index is 1.50. The van der Waals surface area contributed by atoms with E-state index < -0.39 is 11.6 Å². The standard InChI is InChI=1S/C33H30Br2FN3O4/c34-26-10-2-22(3-11-26)20-33(32(41)39-37-21-23-4-14-28(36)15-5-23)30(24-6-12-27(35)13-7-24)43-31(38-33)25-8-16-29(17-9-25)42-19-1-18-40/h2-17,30,37,40H,1,18-21H2,(H,39,41)/t30-,33-/m0/s1. The zero-order valence-electron chi connectivity index (χ0n) is 23.1. The Kier molecular flexibility index (Phi) is 10.2. The lowest BCUT2D eigenvalue weighted by Crippen LogP contribution is -2.53. The van der Waals surface area contributed by atoms with Gasteiger partial charge < -0.3 is 14.6 Å². The third kappa shape index (κ3) is 7.69. The fraction of sp³-hybridized carbons (Fsp3) is 0.212. The summed E-state index contributed by atoms with van der Waals surface area (Å²) >= 11 is 6.99. The van der Waals surface area contributed by atoms with E-state index in [1.54, 1.807) is 12.1 Å². The molecular weight excluding hydrogens is 681 g/mol. The summed E-state index contributed by atoms with van der Waals surface area (Å²) in [6.45, 7) is 0.750. The van der Waals surface area contributed by atoms with E-state index in [4.69, 9.17) is 19.6 Å². The van der Waals surface area contributed by atoms with Gasteiger partial charge in [-0.1, -0.05) is 68.3 Å².